The second-order valence-corrected chi connectivity index (χ2v) is 6.68. The molecule has 0 amide bonds. The molecule has 0 aliphatic heterocycles. The zero-order chi connectivity index (χ0) is 12.7. The van der Waals surface area contributed by atoms with Crippen LogP contribution in [0.3, 0.4) is 0 Å². The van der Waals surface area contributed by atoms with Crippen LogP contribution >= 0.6 is 27.3 Å². The Labute approximate surface area is 119 Å². The van der Waals surface area contributed by atoms with Crippen LogP contribution in [0.5, 0.6) is 0 Å². The average molecular weight is 323 g/mol. The largest absolute Gasteiger partial charge is 0.323 e. The Morgan fingerprint density at radius 2 is 2.28 bits per heavy atom. The molecule has 0 saturated heterocycles. The topological polar surface area (TPSA) is 38.9 Å². The van der Waals surface area contributed by atoms with Gasteiger partial charge in [-0.25, -0.2) is 4.98 Å². The van der Waals surface area contributed by atoms with Crippen LogP contribution in [-0.2, 0) is 6.42 Å². The number of halogens is 1. The first-order valence-corrected chi connectivity index (χ1v) is 7.78. The Balaban J connectivity index is 2.04. The summed E-state index contributed by atoms with van der Waals surface area (Å²) in [5.41, 5.74) is 9.81. The fourth-order valence-electron chi connectivity index (χ4n) is 2.35. The fraction of sp³-hybridized carbons (Fsp3) is 0.357. The van der Waals surface area contributed by atoms with Gasteiger partial charge in [0.15, 0.2) is 0 Å². The van der Waals surface area contributed by atoms with E-state index in [-0.39, 0.29) is 6.04 Å². The highest BCUT2D eigenvalue weighted by molar-refractivity contribution is 9.10. The zero-order valence-electron chi connectivity index (χ0n) is 10.2. The van der Waals surface area contributed by atoms with Gasteiger partial charge in [0, 0.05) is 21.0 Å². The van der Waals surface area contributed by atoms with Crippen molar-refractivity contribution in [3.05, 3.63) is 38.8 Å². The molecule has 0 radical (unpaired) electrons. The summed E-state index contributed by atoms with van der Waals surface area (Å²) in [6.45, 7) is 2.10. The predicted octanol–water partition coefficient (Wildman–Crippen LogP) is 4.22. The first-order chi connectivity index (χ1) is 8.65. The second-order valence-electron chi connectivity index (χ2n) is 4.79. The van der Waals surface area contributed by atoms with Gasteiger partial charge in [0.05, 0.1) is 5.69 Å². The lowest BCUT2D eigenvalue weighted by atomic mass is 9.99. The number of rotatable bonds is 1. The van der Waals surface area contributed by atoms with Crippen molar-refractivity contribution in [2.24, 2.45) is 5.73 Å². The van der Waals surface area contributed by atoms with Crippen LogP contribution in [0.4, 0.5) is 0 Å². The molecule has 4 heteroatoms. The Bertz CT molecular complexity index is 591. The van der Waals surface area contributed by atoms with Crippen LogP contribution in [0.15, 0.2) is 22.7 Å². The summed E-state index contributed by atoms with van der Waals surface area (Å²) in [5, 5.41) is 1.10. The molecule has 0 spiro atoms. The smallest absolute Gasteiger partial charge is 0.123 e. The second kappa shape index (κ2) is 4.76. The number of hydrogen-bond donors (Lipinski definition) is 1. The molecule has 0 bridgehead atoms. The maximum Gasteiger partial charge on any atom is 0.123 e. The standard InChI is InChI=1S/C14H15BrN2S/c1-8-7-9(5-6-10(8)15)14-17-12-4-2-3-11(16)13(12)18-14/h5-7,11H,2-4,16H2,1H3. The minimum Gasteiger partial charge on any atom is -0.323 e. The average Bonchev–Trinajstić information content (AvgIpc) is 2.78. The van der Waals surface area contributed by atoms with Crippen LogP contribution in [-0.4, -0.2) is 4.98 Å². The summed E-state index contributed by atoms with van der Waals surface area (Å²) in [5.74, 6) is 0. The molecule has 94 valence electrons. The Morgan fingerprint density at radius 1 is 1.44 bits per heavy atom. The monoisotopic (exact) mass is 322 g/mol. The Hall–Kier alpha value is -0.710. The van der Waals surface area contributed by atoms with E-state index in [2.05, 4.69) is 41.1 Å². The molecular weight excluding hydrogens is 308 g/mol. The minimum atomic E-state index is 0.191. The summed E-state index contributed by atoms with van der Waals surface area (Å²) < 4.78 is 1.14. The van der Waals surface area contributed by atoms with Crippen molar-refractivity contribution in [1.29, 1.82) is 0 Å². The van der Waals surface area contributed by atoms with E-state index in [1.165, 1.54) is 21.7 Å². The van der Waals surface area contributed by atoms with Gasteiger partial charge in [-0.05, 0) is 43.9 Å². The van der Waals surface area contributed by atoms with Gasteiger partial charge in [0.1, 0.15) is 5.01 Å². The normalized spacial score (nSPS) is 18.7. The number of thiazole rings is 1. The van der Waals surface area contributed by atoms with E-state index < -0.39 is 0 Å². The molecule has 3 rings (SSSR count). The Kier molecular flexibility index (Phi) is 3.26. The van der Waals surface area contributed by atoms with Gasteiger partial charge < -0.3 is 5.73 Å². The third-order valence-electron chi connectivity index (χ3n) is 3.40. The third kappa shape index (κ3) is 2.13. The van der Waals surface area contributed by atoms with Crippen LogP contribution in [0, 0.1) is 6.92 Å². The molecule has 1 aromatic heterocycles. The summed E-state index contributed by atoms with van der Waals surface area (Å²) in [7, 11) is 0. The van der Waals surface area contributed by atoms with Crippen molar-refractivity contribution in [2.45, 2.75) is 32.2 Å². The molecule has 0 fully saturated rings. The highest BCUT2D eigenvalue weighted by Gasteiger charge is 2.22. The van der Waals surface area contributed by atoms with Gasteiger partial charge in [0.2, 0.25) is 0 Å². The molecule has 1 aromatic carbocycles. The fourth-order valence-corrected chi connectivity index (χ4v) is 3.74. The van der Waals surface area contributed by atoms with Crippen molar-refractivity contribution in [3.63, 3.8) is 0 Å². The van der Waals surface area contributed by atoms with Gasteiger partial charge >= 0.3 is 0 Å². The molecule has 1 aliphatic rings. The van der Waals surface area contributed by atoms with E-state index in [0.717, 1.165) is 28.7 Å². The molecule has 18 heavy (non-hydrogen) atoms. The summed E-state index contributed by atoms with van der Waals surface area (Å²) in [4.78, 5) is 6.05. The van der Waals surface area contributed by atoms with Crippen molar-refractivity contribution in [3.8, 4) is 10.6 Å². The van der Waals surface area contributed by atoms with Crippen LogP contribution in [0.2, 0.25) is 0 Å². The lowest BCUT2D eigenvalue weighted by molar-refractivity contribution is 0.573. The lowest BCUT2D eigenvalue weighted by Crippen LogP contribution is -2.15. The number of hydrogen-bond acceptors (Lipinski definition) is 3. The number of aryl methyl sites for hydroxylation is 2. The van der Waals surface area contributed by atoms with E-state index in [1.807, 2.05) is 0 Å². The molecule has 1 unspecified atom stereocenters. The molecule has 2 N–H and O–H groups in total. The lowest BCUT2D eigenvalue weighted by Gasteiger charge is -2.15. The van der Waals surface area contributed by atoms with Crippen molar-refractivity contribution < 1.29 is 0 Å². The quantitative estimate of drug-likeness (QED) is 0.853. The number of aromatic nitrogens is 1. The SMILES string of the molecule is Cc1cc(-c2nc3c(s2)C(N)CCC3)ccc1Br. The molecular formula is C14H15BrN2S. The van der Waals surface area contributed by atoms with Gasteiger partial charge in [-0.2, -0.15) is 0 Å². The maximum absolute atomic E-state index is 6.15. The minimum absolute atomic E-state index is 0.191. The maximum atomic E-state index is 6.15. The summed E-state index contributed by atoms with van der Waals surface area (Å²) in [6.07, 6.45) is 3.33. The molecule has 1 aliphatic carbocycles. The van der Waals surface area contributed by atoms with Crippen molar-refractivity contribution >= 4 is 27.3 Å². The zero-order valence-corrected chi connectivity index (χ0v) is 12.6. The number of fused-ring (bicyclic) bond motifs is 1. The summed E-state index contributed by atoms with van der Waals surface area (Å²) >= 11 is 5.29. The van der Waals surface area contributed by atoms with E-state index >= 15 is 0 Å². The number of nitrogens with two attached hydrogens (primary N) is 1. The van der Waals surface area contributed by atoms with Gasteiger partial charge in [-0.15, -0.1) is 11.3 Å². The third-order valence-corrected chi connectivity index (χ3v) is 5.57. The van der Waals surface area contributed by atoms with Crippen LogP contribution < -0.4 is 5.73 Å². The molecule has 1 heterocycles. The van der Waals surface area contributed by atoms with Gasteiger partial charge in [0.25, 0.3) is 0 Å². The molecule has 2 nitrogen and oxygen atoms in total. The van der Waals surface area contributed by atoms with Gasteiger partial charge in [-0.1, -0.05) is 22.0 Å². The molecule has 0 saturated carbocycles. The predicted molar refractivity (Wildman–Crippen MR) is 79.9 cm³/mol. The molecule has 2 aromatic rings. The highest BCUT2D eigenvalue weighted by Crippen LogP contribution is 2.37. The highest BCUT2D eigenvalue weighted by atomic mass is 79.9. The van der Waals surface area contributed by atoms with E-state index in [0.29, 0.717) is 0 Å². The first-order valence-electron chi connectivity index (χ1n) is 6.17. The number of nitrogens with zero attached hydrogens (tertiary/aromatic N) is 1. The Morgan fingerprint density at radius 3 is 3.00 bits per heavy atom. The van der Waals surface area contributed by atoms with Crippen molar-refractivity contribution in [2.75, 3.05) is 0 Å². The van der Waals surface area contributed by atoms with E-state index in [1.54, 1.807) is 11.3 Å². The van der Waals surface area contributed by atoms with E-state index in [4.69, 9.17) is 10.7 Å². The first kappa shape index (κ1) is 12.3. The number of benzene rings is 1. The van der Waals surface area contributed by atoms with Gasteiger partial charge in [-0.3, -0.25) is 0 Å². The van der Waals surface area contributed by atoms with Crippen molar-refractivity contribution in [1.82, 2.24) is 4.98 Å². The van der Waals surface area contributed by atoms with E-state index in [9.17, 15) is 0 Å². The van der Waals surface area contributed by atoms with Crippen LogP contribution in [0.1, 0.15) is 35.0 Å². The molecule has 1 atom stereocenters. The van der Waals surface area contributed by atoms with Crippen LogP contribution in [0.25, 0.3) is 10.6 Å². The summed E-state index contributed by atoms with van der Waals surface area (Å²) in [6, 6.07) is 6.58.